The zero-order valence-corrected chi connectivity index (χ0v) is 9.55. The zero-order valence-electron chi connectivity index (χ0n) is 3.48. The Morgan fingerprint density at radius 3 is 2.29 bits per heavy atom. The summed E-state index contributed by atoms with van der Waals surface area (Å²) in [4.78, 5) is 10.2. The van der Waals surface area contributed by atoms with E-state index in [1.165, 1.54) is 0 Å². The second kappa shape index (κ2) is 3.59. The summed E-state index contributed by atoms with van der Waals surface area (Å²) in [7, 11) is 0. The summed E-state index contributed by atoms with van der Waals surface area (Å²) in [5, 5.41) is 0. The monoisotopic (exact) mass is 354 g/mol. The number of hydrogen-bond donors (Lipinski definition) is 0. The molecule has 0 aromatic heterocycles. The van der Waals surface area contributed by atoms with Crippen LogP contribution in [0.2, 0.25) is 0 Å². The van der Waals surface area contributed by atoms with E-state index in [1.54, 1.807) is 0 Å². The van der Waals surface area contributed by atoms with Gasteiger partial charge < -0.3 is 0 Å². The summed E-state index contributed by atoms with van der Waals surface area (Å²) in [6, 6.07) is 0. The molecule has 0 aliphatic carbocycles. The van der Waals surface area contributed by atoms with Crippen LogP contribution < -0.4 is 0 Å². The molecule has 0 atom stereocenters. The van der Waals surface area contributed by atoms with Crippen LogP contribution in [-0.2, 0) is 7.48 Å². The number of halogens is 1. The third-order valence-electron chi connectivity index (χ3n) is 0.329. The van der Waals surface area contributed by atoms with E-state index in [-0.39, 0.29) is 36.7 Å². The number of carbonyl (C=O) groups excluding carboxylic acids is 1. The summed E-state index contributed by atoms with van der Waals surface area (Å²) < 4.78 is 4.68. The molecule has 36 valence electrons. The number of hydrogen-bond acceptors (Lipinski definition) is 2. The fraction of sp³-hybridized carbons (Fsp3) is 0. The van der Waals surface area contributed by atoms with Crippen molar-refractivity contribution in [2.24, 2.45) is 0 Å². The van der Waals surface area contributed by atoms with Crippen molar-refractivity contribution >= 4 is 48.1 Å². The molecule has 0 aromatic carbocycles. The van der Waals surface area contributed by atoms with Crippen LogP contribution in [0, 0.1) is 0 Å². The first-order chi connectivity index (χ1) is 3.18. The van der Waals surface area contributed by atoms with Crippen molar-refractivity contribution in [3.05, 3.63) is 11.1 Å². The molecule has 0 saturated carbocycles. The molecule has 0 aliphatic heterocycles. The average molecular weight is 354 g/mol. The molecule has 0 rings (SSSR count). The van der Waals surface area contributed by atoms with E-state index < -0.39 is 0 Å². The van der Waals surface area contributed by atoms with Crippen LogP contribution in [0.1, 0.15) is 0 Å². The zero-order chi connectivity index (χ0) is 5.86. The molecule has 0 radical (unpaired) electrons. The van der Waals surface area contributed by atoms with Gasteiger partial charge in [0.1, 0.15) is 0 Å². The molecular weight excluding hydrogens is 352 g/mol. The van der Waals surface area contributed by atoms with Crippen molar-refractivity contribution in [2.45, 2.75) is 0 Å². The van der Waals surface area contributed by atoms with Crippen molar-refractivity contribution in [1.82, 2.24) is 0 Å². The first-order valence-corrected chi connectivity index (χ1v) is 4.06. The number of rotatable bonds is 1. The Bertz CT molecular complexity index is 101. The predicted octanol–water partition coefficient (Wildman–Crippen LogP) is 0.522. The van der Waals surface area contributed by atoms with Crippen molar-refractivity contribution in [2.75, 3.05) is 0 Å². The van der Waals surface area contributed by atoms with Gasteiger partial charge in [-0.05, 0) is 0 Å². The van der Waals surface area contributed by atoms with E-state index >= 15 is 0 Å². The summed E-state index contributed by atoms with van der Waals surface area (Å²) in [6.07, 6.45) is 0. The Balaban J connectivity index is 3.58. The number of carbonyl (C=O) groups is 1. The van der Waals surface area contributed by atoms with Crippen molar-refractivity contribution < 1.29 is 7.48 Å². The Kier molecular flexibility index (Phi) is 3.91. The molecule has 7 heavy (non-hydrogen) atoms. The van der Waals surface area contributed by atoms with Gasteiger partial charge in [-0.1, -0.05) is 0 Å². The third kappa shape index (κ3) is 3.22. The third-order valence-corrected chi connectivity index (χ3v) is 1.48. The van der Waals surface area contributed by atoms with E-state index in [0.29, 0.717) is 0 Å². The van der Waals surface area contributed by atoms with Gasteiger partial charge in [-0.25, -0.2) is 0 Å². The minimum atomic E-state index is -0.356. The molecule has 0 bridgehead atoms. The Morgan fingerprint density at radius 2 is 2.29 bits per heavy atom. The van der Waals surface area contributed by atoms with Crippen LogP contribution >= 0.6 is 15.9 Å². The van der Waals surface area contributed by atoms with Gasteiger partial charge >= 0.3 is 66.7 Å². The molecule has 0 amide bonds. The molecule has 0 aliphatic rings. The van der Waals surface area contributed by atoms with Crippen molar-refractivity contribution in [3.8, 4) is 0 Å². The molecule has 2 nitrogen and oxygen atoms in total. The van der Waals surface area contributed by atoms with E-state index in [1.807, 2.05) is 0 Å². The molecule has 0 aromatic rings. The normalized spacial score (nSPS) is 7.43. The van der Waals surface area contributed by atoms with Crippen LogP contribution in [0.4, 0.5) is 0 Å². The topological polar surface area (TPSA) is 26.3 Å². The van der Waals surface area contributed by atoms with Crippen LogP contribution in [0.15, 0.2) is 11.1 Å². The van der Waals surface area contributed by atoms with Gasteiger partial charge in [0, 0.05) is 0 Å². The summed E-state index contributed by atoms with van der Waals surface area (Å²) in [6.45, 7) is 3.29. The molecule has 4 heteroatoms. The summed E-state index contributed by atoms with van der Waals surface area (Å²) in [5.74, 6) is -0.356. The molecular formula is C3H2BrO2Tl. The SMILES string of the molecule is C=C(Br)C(=O)[O][Tl]. The van der Waals surface area contributed by atoms with Gasteiger partial charge in [0.15, 0.2) is 0 Å². The van der Waals surface area contributed by atoms with Gasteiger partial charge in [-0.2, -0.15) is 0 Å². The van der Waals surface area contributed by atoms with E-state index in [2.05, 4.69) is 25.2 Å². The van der Waals surface area contributed by atoms with Gasteiger partial charge in [-0.15, -0.1) is 0 Å². The van der Waals surface area contributed by atoms with Gasteiger partial charge in [0.05, 0.1) is 0 Å². The Morgan fingerprint density at radius 1 is 1.86 bits per heavy atom. The van der Waals surface area contributed by atoms with Crippen LogP contribution in [-0.4, -0.2) is 32.2 Å². The quantitative estimate of drug-likeness (QED) is 0.507. The Hall–Kier alpha value is 0.612. The second-order valence-corrected chi connectivity index (χ2v) is 2.68. The van der Waals surface area contributed by atoms with Gasteiger partial charge in [0.25, 0.3) is 0 Å². The van der Waals surface area contributed by atoms with Gasteiger partial charge in [0.2, 0.25) is 0 Å². The standard InChI is InChI=1S/C3H3BrO2.Tl/c1-2(4)3(5)6;/h1H2,(H,5,6);/q;+1/p-1. The molecule has 0 heterocycles. The average Bonchev–Trinajstić information content (AvgIpc) is 1.65. The van der Waals surface area contributed by atoms with E-state index in [0.717, 1.165) is 0 Å². The van der Waals surface area contributed by atoms with E-state index in [4.69, 9.17) is 0 Å². The molecule has 0 saturated heterocycles. The minimum absolute atomic E-state index is 0.256. The first kappa shape index (κ1) is 7.61. The van der Waals surface area contributed by atoms with Crippen molar-refractivity contribution in [1.29, 1.82) is 0 Å². The Labute approximate surface area is 66.4 Å². The first-order valence-electron chi connectivity index (χ1n) is 1.44. The summed E-state index contributed by atoms with van der Waals surface area (Å²) >= 11 is 3.11. The maximum absolute atomic E-state index is 10.2. The predicted molar refractivity (Wildman–Crippen MR) is 29.9 cm³/mol. The van der Waals surface area contributed by atoms with Crippen LogP contribution in [0.25, 0.3) is 0 Å². The molecule has 0 fully saturated rings. The second-order valence-electron chi connectivity index (χ2n) is 0.810. The van der Waals surface area contributed by atoms with Gasteiger partial charge in [-0.3, -0.25) is 0 Å². The van der Waals surface area contributed by atoms with Crippen molar-refractivity contribution in [3.63, 3.8) is 0 Å². The van der Waals surface area contributed by atoms with Crippen LogP contribution in [0.5, 0.6) is 0 Å². The molecule has 0 unspecified atom stereocenters. The molecule has 0 N–H and O–H groups in total. The van der Waals surface area contributed by atoms with E-state index in [9.17, 15) is 4.79 Å². The maximum atomic E-state index is 10.2. The fourth-order valence-corrected chi connectivity index (χ4v) is 1.38. The summed E-state index contributed by atoms with van der Waals surface area (Å²) in [5.41, 5.74) is 0. The fourth-order valence-electron chi connectivity index (χ4n) is 0.0639. The molecule has 0 spiro atoms. The van der Waals surface area contributed by atoms with Crippen LogP contribution in [0.3, 0.4) is 0 Å².